The van der Waals surface area contributed by atoms with Gasteiger partial charge >= 0.3 is 11.9 Å². The number of ether oxygens (including phenoxy) is 1. The largest absolute Gasteiger partial charge is 0.480 e. The van der Waals surface area contributed by atoms with E-state index >= 15 is 0 Å². The Bertz CT molecular complexity index is 183. The molecule has 0 aliphatic heterocycles. The van der Waals surface area contributed by atoms with Gasteiger partial charge in [0, 0.05) is 6.42 Å². The van der Waals surface area contributed by atoms with E-state index in [1.807, 2.05) is 0 Å². The molecule has 0 saturated carbocycles. The van der Waals surface area contributed by atoms with E-state index in [4.69, 9.17) is 10.8 Å². The number of carboxylic acid groups (broad SMARTS) is 1. The highest BCUT2D eigenvalue weighted by Gasteiger charge is 2.11. The molecule has 0 fully saturated rings. The minimum atomic E-state index is -1.09. The number of esters is 1. The molecular formula is C7H14N2O4. The lowest BCUT2D eigenvalue weighted by Crippen LogP contribution is -2.32. The molecule has 0 unspecified atom stereocenters. The highest BCUT2D eigenvalue weighted by molar-refractivity contribution is 5.73. The summed E-state index contributed by atoms with van der Waals surface area (Å²) in [7, 11) is 1.62. The molecule has 0 aromatic heterocycles. The lowest BCUT2D eigenvalue weighted by Gasteiger charge is -2.06. The van der Waals surface area contributed by atoms with Crippen LogP contribution in [0.5, 0.6) is 0 Å². The highest BCUT2D eigenvalue weighted by Crippen LogP contribution is 1.89. The maximum Gasteiger partial charge on any atom is 0.320 e. The smallest absolute Gasteiger partial charge is 0.320 e. The molecule has 76 valence electrons. The van der Waals surface area contributed by atoms with Crippen molar-refractivity contribution in [3.63, 3.8) is 0 Å². The summed E-state index contributed by atoms with van der Waals surface area (Å²) >= 11 is 0. The molecule has 6 nitrogen and oxygen atoms in total. The van der Waals surface area contributed by atoms with Gasteiger partial charge in [-0.25, -0.2) is 0 Å². The summed E-state index contributed by atoms with van der Waals surface area (Å²) < 4.78 is 4.66. The van der Waals surface area contributed by atoms with Gasteiger partial charge in [0.15, 0.2) is 0 Å². The number of hydrogen-bond acceptors (Lipinski definition) is 5. The average Bonchev–Trinajstić information content (AvgIpc) is 2.04. The third kappa shape index (κ3) is 6.06. The van der Waals surface area contributed by atoms with Crippen LogP contribution in [0.15, 0.2) is 0 Å². The zero-order valence-electron chi connectivity index (χ0n) is 7.45. The Hall–Kier alpha value is -1.14. The van der Waals surface area contributed by atoms with Crippen LogP contribution < -0.4 is 11.1 Å². The molecule has 0 amide bonds. The SMILES string of the molecule is CNCC(=O)OCC[C@@H](N)C(=O)O. The zero-order chi connectivity index (χ0) is 10.3. The Morgan fingerprint density at radius 2 is 2.23 bits per heavy atom. The van der Waals surface area contributed by atoms with Gasteiger partial charge in [-0.3, -0.25) is 9.59 Å². The Morgan fingerprint density at radius 1 is 1.62 bits per heavy atom. The molecule has 0 aromatic rings. The molecule has 1 atom stereocenters. The molecule has 0 saturated heterocycles. The first-order valence-electron chi connectivity index (χ1n) is 3.86. The Labute approximate surface area is 76.0 Å². The van der Waals surface area contributed by atoms with Crippen molar-refractivity contribution in [2.24, 2.45) is 5.73 Å². The molecule has 0 aromatic carbocycles. The summed E-state index contributed by atoms with van der Waals surface area (Å²) in [6.45, 7) is 0.149. The van der Waals surface area contributed by atoms with Gasteiger partial charge in [0.05, 0.1) is 13.2 Å². The lowest BCUT2D eigenvalue weighted by atomic mass is 10.2. The van der Waals surface area contributed by atoms with Crippen molar-refractivity contribution in [3.05, 3.63) is 0 Å². The van der Waals surface area contributed by atoms with E-state index in [0.29, 0.717) is 0 Å². The average molecular weight is 190 g/mol. The first-order chi connectivity index (χ1) is 6.07. The minimum absolute atomic E-state index is 0.0357. The number of likely N-dealkylation sites (N-methyl/N-ethyl adjacent to an activating group) is 1. The molecular weight excluding hydrogens is 176 g/mol. The maximum absolute atomic E-state index is 10.7. The summed E-state index contributed by atoms with van der Waals surface area (Å²) in [4.78, 5) is 20.9. The number of aliphatic carboxylic acids is 1. The number of hydrogen-bond donors (Lipinski definition) is 3. The van der Waals surface area contributed by atoms with Crippen LogP contribution in [0.1, 0.15) is 6.42 Å². The zero-order valence-corrected chi connectivity index (χ0v) is 7.45. The second-order valence-corrected chi connectivity index (χ2v) is 2.48. The van der Waals surface area contributed by atoms with Crippen molar-refractivity contribution < 1.29 is 19.4 Å². The normalized spacial score (nSPS) is 12.2. The molecule has 0 aliphatic carbocycles. The molecule has 0 spiro atoms. The van der Waals surface area contributed by atoms with Crippen LogP contribution in [0, 0.1) is 0 Å². The Morgan fingerprint density at radius 3 is 2.69 bits per heavy atom. The summed E-state index contributed by atoms with van der Waals surface area (Å²) in [5, 5.41) is 11.0. The number of rotatable bonds is 6. The number of carbonyl (C=O) groups is 2. The van der Waals surface area contributed by atoms with Crippen LogP contribution in [0.25, 0.3) is 0 Å². The van der Waals surface area contributed by atoms with Crippen molar-refractivity contribution in [2.45, 2.75) is 12.5 Å². The van der Waals surface area contributed by atoms with E-state index in [1.54, 1.807) is 7.05 Å². The summed E-state index contributed by atoms with van der Waals surface area (Å²) in [6, 6.07) is -0.970. The van der Waals surface area contributed by atoms with Crippen molar-refractivity contribution in [3.8, 4) is 0 Å². The fraction of sp³-hybridized carbons (Fsp3) is 0.714. The first-order valence-corrected chi connectivity index (χ1v) is 3.86. The lowest BCUT2D eigenvalue weighted by molar-refractivity contribution is -0.145. The van der Waals surface area contributed by atoms with Gasteiger partial charge in [-0.2, -0.15) is 0 Å². The van der Waals surface area contributed by atoms with Crippen molar-refractivity contribution in [1.29, 1.82) is 0 Å². The molecule has 0 bridgehead atoms. The van der Waals surface area contributed by atoms with E-state index in [1.165, 1.54) is 0 Å². The van der Waals surface area contributed by atoms with Gasteiger partial charge in [-0.1, -0.05) is 0 Å². The van der Waals surface area contributed by atoms with E-state index in [9.17, 15) is 9.59 Å². The predicted octanol–water partition coefficient (Wildman–Crippen LogP) is -1.45. The van der Waals surface area contributed by atoms with Gasteiger partial charge < -0.3 is 20.9 Å². The Balaban J connectivity index is 3.44. The van der Waals surface area contributed by atoms with E-state index < -0.39 is 18.0 Å². The van der Waals surface area contributed by atoms with Gasteiger partial charge in [-0.05, 0) is 7.05 Å². The number of carboxylic acids is 1. The van der Waals surface area contributed by atoms with E-state index in [0.717, 1.165) is 0 Å². The number of nitrogens with one attached hydrogen (secondary N) is 1. The third-order valence-electron chi connectivity index (χ3n) is 1.33. The summed E-state index contributed by atoms with van der Waals surface area (Å²) in [6.07, 6.45) is 0.130. The van der Waals surface area contributed by atoms with Crippen molar-refractivity contribution in [1.82, 2.24) is 5.32 Å². The fourth-order valence-electron chi connectivity index (χ4n) is 0.619. The molecule has 0 aliphatic rings. The maximum atomic E-state index is 10.7. The number of carbonyl (C=O) groups excluding carboxylic acids is 1. The van der Waals surface area contributed by atoms with Crippen LogP contribution in [-0.2, 0) is 14.3 Å². The second kappa shape index (κ2) is 6.38. The van der Waals surface area contributed by atoms with E-state index in [2.05, 4.69) is 10.1 Å². The minimum Gasteiger partial charge on any atom is -0.480 e. The van der Waals surface area contributed by atoms with Crippen LogP contribution in [-0.4, -0.2) is 43.3 Å². The van der Waals surface area contributed by atoms with E-state index in [-0.39, 0.29) is 19.6 Å². The first kappa shape index (κ1) is 11.9. The summed E-state index contributed by atoms with van der Waals surface area (Å²) in [5.74, 6) is -1.51. The molecule has 13 heavy (non-hydrogen) atoms. The third-order valence-corrected chi connectivity index (χ3v) is 1.33. The molecule has 0 radical (unpaired) electrons. The number of nitrogens with two attached hydrogens (primary N) is 1. The molecule has 0 heterocycles. The quantitative estimate of drug-likeness (QED) is 0.443. The highest BCUT2D eigenvalue weighted by atomic mass is 16.5. The monoisotopic (exact) mass is 190 g/mol. The predicted molar refractivity (Wildman–Crippen MR) is 45.1 cm³/mol. The standard InChI is InChI=1S/C7H14N2O4/c1-9-4-6(10)13-3-2-5(8)7(11)12/h5,9H,2-4,8H2,1H3,(H,11,12)/t5-/m1/s1. The van der Waals surface area contributed by atoms with Gasteiger partial charge in [0.1, 0.15) is 6.04 Å². The molecule has 6 heteroatoms. The topological polar surface area (TPSA) is 102 Å². The molecule has 0 rings (SSSR count). The molecule has 4 N–H and O–H groups in total. The van der Waals surface area contributed by atoms with Gasteiger partial charge in [0.2, 0.25) is 0 Å². The summed E-state index contributed by atoms with van der Waals surface area (Å²) in [5.41, 5.74) is 5.17. The van der Waals surface area contributed by atoms with Crippen LogP contribution >= 0.6 is 0 Å². The van der Waals surface area contributed by atoms with Gasteiger partial charge in [-0.15, -0.1) is 0 Å². The fourth-order valence-corrected chi connectivity index (χ4v) is 0.619. The van der Waals surface area contributed by atoms with Crippen LogP contribution in [0.3, 0.4) is 0 Å². The second-order valence-electron chi connectivity index (χ2n) is 2.48. The van der Waals surface area contributed by atoms with Crippen molar-refractivity contribution in [2.75, 3.05) is 20.2 Å². The van der Waals surface area contributed by atoms with Gasteiger partial charge in [0.25, 0.3) is 0 Å². The van der Waals surface area contributed by atoms with Crippen molar-refractivity contribution >= 4 is 11.9 Å². The van der Waals surface area contributed by atoms with Crippen LogP contribution in [0.4, 0.5) is 0 Å². The van der Waals surface area contributed by atoms with Crippen LogP contribution in [0.2, 0.25) is 0 Å². The Kier molecular flexibility index (Phi) is 5.82.